The highest BCUT2D eigenvalue weighted by molar-refractivity contribution is 6.68. The molecule has 2 aromatic carbocycles. The Morgan fingerprint density at radius 2 is 1.18 bits per heavy atom. The molecule has 0 radical (unpaired) electrons. The van der Waals surface area contributed by atoms with Gasteiger partial charge in [0.2, 0.25) is 3.79 Å². The largest absolute Gasteiger partial charge is 0.482 e. The van der Waals surface area contributed by atoms with Crippen LogP contribution in [0, 0.1) is 20.2 Å². The number of carboxylic acid groups (broad SMARTS) is 2. The van der Waals surface area contributed by atoms with Gasteiger partial charge in [-0.1, -0.05) is 34.8 Å². The number of ether oxygens (including phenoxy) is 2. The molecule has 0 saturated carbocycles. The van der Waals surface area contributed by atoms with Gasteiger partial charge in [-0.3, -0.25) is 20.2 Å². The second-order valence-corrected chi connectivity index (χ2v) is 8.74. The number of non-ortho nitro benzene ring substituents is 2. The Morgan fingerprint density at radius 3 is 1.45 bits per heavy atom. The molecule has 0 atom stereocenters. The van der Waals surface area contributed by atoms with Gasteiger partial charge in [0, 0.05) is 12.1 Å². The third kappa shape index (κ3) is 7.34. The number of carboxylic acids is 2. The van der Waals surface area contributed by atoms with Gasteiger partial charge in [0.1, 0.15) is 11.5 Å². The summed E-state index contributed by atoms with van der Waals surface area (Å²) in [5.41, 5.74) is -1.15. The molecule has 0 bridgehead atoms. The molecule has 176 valence electrons. The van der Waals surface area contributed by atoms with E-state index in [1.165, 1.54) is 12.1 Å². The first kappa shape index (κ1) is 25.9. The minimum absolute atomic E-state index is 0.0470. The van der Waals surface area contributed by atoms with Crippen molar-refractivity contribution in [3.63, 3.8) is 0 Å². The van der Waals surface area contributed by atoms with Gasteiger partial charge in [0.15, 0.2) is 13.2 Å². The van der Waals surface area contributed by atoms with E-state index in [4.69, 9.17) is 54.5 Å². The van der Waals surface area contributed by atoms with Crippen LogP contribution >= 0.6 is 34.8 Å². The number of alkyl halides is 3. The van der Waals surface area contributed by atoms with E-state index < -0.39 is 56.1 Å². The van der Waals surface area contributed by atoms with Crippen molar-refractivity contribution in [2.75, 3.05) is 13.2 Å². The number of nitrogens with zero attached hydrogens (tertiary/aromatic N) is 2. The summed E-state index contributed by atoms with van der Waals surface area (Å²) in [5, 5.41) is 40.3. The summed E-state index contributed by atoms with van der Waals surface area (Å²) in [6.07, 6.45) is 0. The lowest BCUT2D eigenvalue weighted by atomic mass is 9.91. The lowest BCUT2D eigenvalue weighted by molar-refractivity contribution is -0.385. The van der Waals surface area contributed by atoms with Crippen LogP contribution in [0.15, 0.2) is 36.4 Å². The molecule has 0 heterocycles. The zero-order chi connectivity index (χ0) is 24.9. The van der Waals surface area contributed by atoms with Crippen molar-refractivity contribution in [3.05, 3.63) is 67.8 Å². The van der Waals surface area contributed by atoms with Crippen molar-refractivity contribution in [2.24, 2.45) is 0 Å². The fourth-order valence-electron chi connectivity index (χ4n) is 2.78. The summed E-state index contributed by atoms with van der Waals surface area (Å²) in [4.78, 5) is 42.8. The average molecular weight is 524 g/mol. The maximum absolute atomic E-state index is 11.4. The first-order valence-corrected chi connectivity index (χ1v) is 9.76. The molecule has 0 aliphatic heterocycles. The second kappa shape index (κ2) is 10.5. The normalized spacial score (nSPS) is 11.2. The van der Waals surface area contributed by atoms with Crippen LogP contribution < -0.4 is 9.47 Å². The zero-order valence-electron chi connectivity index (χ0n) is 16.1. The van der Waals surface area contributed by atoms with Crippen LogP contribution in [0.5, 0.6) is 11.5 Å². The molecule has 15 heteroatoms. The van der Waals surface area contributed by atoms with Gasteiger partial charge in [0.05, 0.1) is 27.9 Å². The summed E-state index contributed by atoms with van der Waals surface area (Å²) in [7, 11) is 0. The first-order valence-electron chi connectivity index (χ1n) is 8.62. The van der Waals surface area contributed by atoms with Crippen LogP contribution in [-0.4, -0.2) is 49.0 Å². The van der Waals surface area contributed by atoms with Gasteiger partial charge in [-0.2, -0.15) is 0 Å². The van der Waals surface area contributed by atoms with Crippen LogP contribution in [0.25, 0.3) is 0 Å². The molecular formula is C18H13Cl3N2O10. The molecular weight excluding hydrogens is 511 g/mol. The fourth-order valence-corrected chi connectivity index (χ4v) is 3.54. The summed E-state index contributed by atoms with van der Waals surface area (Å²) in [5.74, 6) is -4.52. The van der Waals surface area contributed by atoms with Crippen molar-refractivity contribution in [3.8, 4) is 11.5 Å². The molecule has 0 fully saturated rings. The van der Waals surface area contributed by atoms with Crippen molar-refractivity contribution < 1.29 is 39.1 Å². The zero-order valence-corrected chi connectivity index (χ0v) is 18.4. The number of rotatable bonds is 10. The Balaban J connectivity index is 2.69. The van der Waals surface area contributed by atoms with Crippen LogP contribution in [0.1, 0.15) is 17.0 Å². The maximum Gasteiger partial charge on any atom is 0.341 e. The Labute approximate surface area is 199 Å². The molecule has 2 aromatic rings. The lowest BCUT2D eigenvalue weighted by Gasteiger charge is -2.26. The van der Waals surface area contributed by atoms with Gasteiger partial charge in [-0.05, 0) is 23.3 Å². The third-order valence-corrected chi connectivity index (χ3v) is 4.62. The van der Waals surface area contributed by atoms with Crippen LogP contribution in [0.3, 0.4) is 0 Å². The van der Waals surface area contributed by atoms with Gasteiger partial charge in [-0.25, -0.2) is 9.59 Å². The quantitative estimate of drug-likeness (QED) is 0.263. The smallest absolute Gasteiger partial charge is 0.341 e. The van der Waals surface area contributed by atoms with Gasteiger partial charge in [0.25, 0.3) is 11.4 Å². The van der Waals surface area contributed by atoms with Gasteiger partial charge >= 0.3 is 11.9 Å². The predicted molar refractivity (Wildman–Crippen MR) is 115 cm³/mol. The Morgan fingerprint density at radius 1 is 0.818 bits per heavy atom. The monoisotopic (exact) mass is 522 g/mol. The molecule has 2 rings (SSSR count). The van der Waals surface area contributed by atoms with Crippen LogP contribution in [0.4, 0.5) is 11.4 Å². The summed E-state index contributed by atoms with van der Waals surface area (Å²) < 4.78 is 7.81. The molecule has 12 nitrogen and oxygen atoms in total. The van der Waals surface area contributed by atoms with E-state index in [9.17, 15) is 29.8 Å². The molecule has 33 heavy (non-hydrogen) atoms. The van der Waals surface area contributed by atoms with Crippen molar-refractivity contribution in [1.82, 2.24) is 0 Å². The van der Waals surface area contributed by atoms with E-state index in [0.717, 1.165) is 24.3 Å². The van der Waals surface area contributed by atoms with Crippen LogP contribution in [-0.2, 0) is 9.59 Å². The minimum Gasteiger partial charge on any atom is -0.482 e. The molecule has 0 aliphatic carbocycles. The number of hydrogen-bond acceptors (Lipinski definition) is 8. The van der Waals surface area contributed by atoms with Crippen molar-refractivity contribution in [2.45, 2.75) is 9.71 Å². The number of nitro benzene ring substituents is 2. The van der Waals surface area contributed by atoms with E-state index in [0.29, 0.717) is 0 Å². The second-order valence-electron chi connectivity index (χ2n) is 6.37. The summed E-state index contributed by atoms with van der Waals surface area (Å²) >= 11 is 18.3. The van der Waals surface area contributed by atoms with Gasteiger partial charge in [-0.15, -0.1) is 0 Å². The SMILES string of the molecule is O=C(O)COc1cc(C(c2cc(OCC(=O)O)cc([N+](=O)[O-])c2)C(Cl)(Cl)Cl)cc([N+](=O)[O-])c1. The molecule has 0 amide bonds. The molecule has 0 unspecified atom stereocenters. The first-order chi connectivity index (χ1) is 15.3. The summed E-state index contributed by atoms with van der Waals surface area (Å²) in [6, 6.07) is 6.32. The Kier molecular flexibility index (Phi) is 8.25. The lowest BCUT2D eigenvalue weighted by Crippen LogP contribution is -2.20. The van der Waals surface area contributed by atoms with Gasteiger partial charge < -0.3 is 19.7 Å². The molecule has 0 aromatic heterocycles. The Hall–Kier alpha value is -3.35. The highest BCUT2D eigenvalue weighted by atomic mass is 35.6. The molecule has 0 aliphatic rings. The van der Waals surface area contributed by atoms with Crippen molar-refractivity contribution >= 4 is 58.1 Å². The third-order valence-electron chi connectivity index (χ3n) is 3.97. The fraction of sp³-hybridized carbons (Fsp3) is 0.222. The number of nitro groups is 2. The molecule has 0 saturated heterocycles. The van der Waals surface area contributed by atoms with E-state index >= 15 is 0 Å². The number of halogens is 3. The minimum atomic E-state index is -2.22. The maximum atomic E-state index is 11.4. The Bertz CT molecular complexity index is 1020. The number of aliphatic carboxylic acids is 2. The highest BCUT2D eigenvalue weighted by Gasteiger charge is 2.38. The molecule has 0 spiro atoms. The highest BCUT2D eigenvalue weighted by Crippen LogP contribution is 2.48. The number of hydrogen-bond donors (Lipinski definition) is 2. The average Bonchev–Trinajstić information content (AvgIpc) is 2.69. The number of benzene rings is 2. The van der Waals surface area contributed by atoms with E-state index in [-0.39, 0.29) is 22.6 Å². The standard InChI is InChI=1S/C18H13Cl3N2O10/c19-18(20,21)17(9-1-11(22(28)29)5-13(3-9)32-7-15(24)25)10-2-12(23(30)31)6-14(4-10)33-8-16(26)27/h1-6,17H,7-8H2,(H,24,25)(H,26,27). The van der Waals surface area contributed by atoms with E-state index in [1.54, 1.807) is 0 Å². The van der Waals surface area contributed by atoms with Crippen molar-refractivity contribution in [1.29, 1.82) is 0 Å². The summed E-state index contributed by atoms with van der Waals surface area (Å²) in [6.45, 7) is -1.63. The molecule has 2 N–H and O–H groups in total. The number of carbonyl (C=O) groups is 2. The van der Waals surface area contributed by atoms with Crippen LogP contribution in [0.2, 0.25) is 0 Å². The van der Waals surface area contributed by atoms with E-state index in [2.05, 4.69) is 0 Å². The predicted octanol–water partition coefficient (Wildman–Crippen LogP) is 3.93. The topological polar surface area (TPSA) is 179 Å². The van der Waals surface area contributed by atoms with E-state index in [1.807, 2.05) is 0 Å².